The fraction of sp³-hybridized carbons (Fsp3) is 0.308. The van der Waals surface area contributed by atoms with Gasteiger partial charge in [0.15, 0.2) is 5.11 Å². The number of piperazine rings is 1. The van der Waals surface area contributed by atoms with E-state index in [0.29, 0.717) is 17.3 Å². The third-order valence-electron chi connectivity index (χ3n) is 5.84. The van der Waals surface area contributed by atoms with Crippen LogP contribution in [0.25, 0.3) is 11.1 Å². The quantitative estimate of drug-likeness (QED) is 0.362. The first-order valence-electron chi connectivity index (χ1n) is 11.3. The van der Waals surface area contributed by atoms with Gasteiger partial charge in [0.2, 0.25) is 0 Å². The summed E-state index contributed by atoms with van der Waals surface area (Å²) in [7, 11) is 1.70. The van der Waals surface area contributed by atoms with E-state index in [1.54, 1.807) is 7.11 Å². The van der Waals surface area contributed by atoms with Gasteiger partial charge < -0.3 is 24.6 Å². The summed E-state index contributed by atoms with van der Waals surface area (Å²) in [5.41, 5.74) is 3.53. The SMILES string of the molecule is CCOC(=O)c1c(NC(=S)N2CCN(c3ccccc3OC)CC2)sc(C)c1-c1ccccc1. The third-order valence-corrected chi connectivity index (χ3v) is 7.22. The molecule has 0 amide bonds. The first-order valence-corrected chi connectivity index (χ1v) is 12.6. The van der Waals surface area contributed by atoms with Crippen molar-refractivity contribution in [1.29, 1.82) is 0 Å². The lowest BCUT2D eigenvalue weighted by Crippen LogP contribution is -2.50. The number of rotatable bonds is 6. The van der Waals surface area contributed by atoms with E-state index in [-0.39, 0.29) is 5.97 Å². The molecule has 4 rings (SSSR count). The molecule has 1 N–H and O–H groups in total. The Labute approximate surface area is 210 Å². The largest absolute Gasteiger partial charge is 0.495 e. The molecule has 1 aliphatic rings. The van der Waals surface area contributed by atoms with Gasteiger partial charge in [0, 0.05) is 36.6 Å². The smallest absolute Gasteiger partial charge is 0.341 e. The van der Waals surface area contributed by atoms with E-state index in [9.17, 15) is 4.79 Å². The van der Waals surface area contributed by atoms with E-state index in [1.807, 2.05) is 62.4 Å². The van der Waals surface area contributed by atoms with Crippen molar-refractivity contribution in [1.82, 2.24) is 4.90 Å². The number of carbonyl (C=O) groups excluding carboxylic acids is 1. The predicted molar refractivity (Wildman–Crippen MR) is 143 cm³/mol. The van der Waals surface area contributed by atoms with Gasteiger partial charge in [0.05, 0.1) is 19.4 Å². The van der Waals surface area contributed by atoms with E-state index >= 15 is 0 Å². The lowest BCUT2D eigenvalue weighted by Gasteiger charge is -2.37. The number of aryl methyl sites for hydroxylation is 1. The predicted octanol–water partition coefficient (Wildman–Crippen LogP) is 5.43. The molecule has 34 heavy (non-hydrogen) atoms. The minimum absolute atomic E-state index is 0.316. The minimum atomic E-state index is -0.336. The van der Waals surface area contributed by atoms with Gasteiger partial charge in [-0.15, -0.1) is 11.3 Å². The second-order valence-corrected chi connectivity index (χ2v) is 9.51. The number of methoxy groups -OCH3 is 1. The standard InChI is InChI=1S/C26H29N3O3S2/c1-4-32-25(30)23-22(19-10-6-5-7-11-19)18(2)34-24(23)27-26(33)29-16-14-28(15-17-29)20-12-8-9-13-21(20)31-3/h5-13H,4,14-17H2,1-3H3,(H,27,33). The van der Waals surface area contributed by atoms with Crippen LogP contribution in [0.2, 0.25) is 0 Å². The molecule has 3 aromatic rings. The number of nitrogens with one attached hydrogen (secondary N) is 1. The zero-order chi connectivity index (χ0) is 24.1. The lowest BCUT2D eigenvalue weighted by atomic mass is 10.0. The summed E-state index contributed by atoms with van der Waals surface area (Å²) in [6.45, 7) is 7.35. The van der Waals surface area contributed by atoms with Crippen molar-refractivity contribution in [3.05, 3.63) is 65.0 Å². The molecule has 0 aliphatic carbocycles. The molecule has 6 nitrogen and oxygen atoms in total. The van der Waals surface area contributed by atoms with Gasteiger partial charge in [-0.2, -0.15) is 0 Å². The number of thiophene rings is 1. The first kappa shape index (κ1) is 24.0. The second kappa shape index (κ2) is 10.9. The molecular weight excluding hydrogens is 466 g/mol. The van der Waals surface area contributed by atoms with Gasteiger partial charge in [-0.05, 0) is 43.8 Å². The van der Waals surface area contributed by atoms with Crippen molar-refractivity contribution >= 4 is 45.3 Å². The Kier molecular flexibility index (Phi) is 7.70. The Morgan fingerprint density at radius 2 is 1.74 bits per heavy atom. The molecule has 0 bridgehead atoms. The summed E-state index contributed by atoms with van der Waals surface area (Å²) in [4.78, 5) is 18.5. The Bertz CT molecular complexity index is 1160. The summed E-state index contributed by atoms with van der Waals surface area (Å²) in [5.74, 6) is 0.537. The van der Waals surface area contributed by atoms with Crippen LogP contribution in [0.3, 0.4) is 0 Å². The van der Waals surface area contributed by atoms with Crippen LogP contribution in [-0.2, 0) is 4.74 Å². The van der Waals surface area contributed by atoms with E-state index in [0.717, 1.165) is 58.6 Å². The van der Waals surface area contributed by atoms with Crippen LogP contribution in [0, 0.1) is 6.92 Å². The van der Waals surface area contributed by atoms with Crippen LogP contribution >= 0.6 is 23.6 Å². The molecule has 1 aliphatic heterocycles. The van der Waals surface area contributed by atoms with Gasteiger partial charge in [-0.25, -0.2) is 4.79 Å². The molecule has 2 aromatic carbocycles. The average Bonchev–Trinajstić information content (AvgIpc) is 3.20. The second-order valence-electron chi connectivity index (χ2n) is 7.90. The molecule has 0 saturated carbocycles. The van der Waals surface area contributed by atoms with Crippen molar-refractivity contribution in [3.8, 4) is 16.9 Å². The summed E-state index contributed by atoms with van der Waals surface area (Å²) in [6, 6.07) is 18.0. The molecule has 8 heteroatoms. The molecule has 0 unspecified atom stereocenters. The third kappa shape index (κ3) is 5.03. The number of thiocarbonyl (C=S) groups is 1. The van der Waals surface area contributed by atoms with Crippen molar-refractivity contribution in [2.45, 2.75) is 13.8 Å². The summed E-state index contributed by atoms with van der Waals surface area (Å²) < 4.78 is 10.9. The monoisotopic (exact) mass is 495 g/mol. The molecule has 178 valence electrons. The van der Waals surface area contributed by atoms with Crippen molar-refractivity contribution in [2.24, 2.45) is 0 Å². The molecule has 0 spiro atoms. The molecule has 1 fully saturated rings. The Morgan fingerprint density at radius 3 is 2.41 bits per heavy atom. The summed E-state index contributed by atoms with van der Waals surface area (Å²) >= 11 is 7.30. The molecule has 1 saturated heterocycles. The maximum atomic E-state index is 13.0. The molecule has 1 aromatic heterocycles. The van der Waals surface area contributed by atoms with Gasteiger partial charge in [0.25, 0.3) is 0 Å². The Hall–Kier alpha value is -3.10. The fourth-order valence-corrected chi connectivity index (χ4v) is 5.61. The zero-order valence-corrected chi connectivity index (χ0v) is 21.3. The zero-order valence-electron chi connectivity index (χ0n) is 19.7. The number of para-hydroxylation sites is 2. The van der Waals surface area contributed by atoms with E-state index in [2.05, 4.69) is 21.2 Å². The fourth-order valence-electron chi connectivity index (χ4n) is 4.20. The maximum Gasteiger partial charge on any atom is 0.341 e. The first-order chi connectivity index (χ1) is 16.5. The van der Waals surface area contributed by atoms with E-state index in [4.69, 9.17) is 21.7 Å². The highest BCUT2D eigenvalue weighted by atomic mass is 32.1. The number of benzene rings is 2. The summed E-state index contributed by atoms with van der Waals surface area (Å²) in [6.07, 6.45) is 0. The number of anilines is 2. The highest BCUT2D eigenvalue weighted by molar-refractivity contribution is 7.80. The topological polar surface area (TPSA) is 54.0 Å². The normalized spacial score (nSPS) is 13.5. The van der Waals surface area contributed by atoms with Crippen LogP contribution in [0.1, 0.15) is 22.2 Å². The highest BCUT2D eigenvalue weighted by Gasteiger charge is 2.27. The van der Waals surface area contributed by atoms with Crippen LogP contribution in [0.4, 0.5) is 10.7 Å². The van der Waals surface area contributed by atoms with Gasteiger partial charge >= 0.3 is 5.97 Å². The maximum absolute atomic E-state index is 13.0. The lowest BCUT2D eigenvalue weighted by molar-refractivity contribution is 0.0529. The van der Waals surface area contributed by atoms with Crippen LogP contribution in [0.15, 0.2) is 54.6 Å². The summed E-state index contributed by atoms with van der Waals surface area (Å²) in [5, 5.41) is 4.70. The minimum Gasteiger partial charge on any atom is -0.495 e. The van der Waals surface area contributed by atoms with Gasteiger partial charge in [-0.1, -0.05) is 42.5 Å². The number of carbonyl (C=O) groups is 1. The number of hydrogen-bond donors (Lipinski definition) is 1. The molecular formula is C26H29N3O3S2. The average molecular weight is 496 g/mol. The highest BCUT2D eigenvalue weighted by Crippen LogP contribution is 2.40. The molecule has 2 heterocycles. The number of nitrogens with zero attached hydrogens (tertiary/aromatic N) is 2. The van der Waals surface area contributed by atoms with E-state index in [1.165, 1.54) is 11.3 Å². The van der Waals surface area contributed by atoms with Crippen LogP contribution in [0.5, 0.6) is 5.75 Å². The number of esters is 1. The van der Waals surface area contributed by atoms with Gasteiger partial charge in [0.1, 0.15) is 16.3 Å². The van der Waals surface area contributed by atoms with Crippen molar-refractivity contribution in [2.75, 3.05) is 50.1 Å². The Morgan fingerprint density at radius 1 is 1.06 bits per heavy atom. The van der Waals surface area contributed by atoms with Crippen LogP contribution < -0.4 is 15.0 Å². The van der Waals surface area contributed by atoms with Crippen molar-refractivity contribution in [3.63, 3.8) is 0 Å². The number of hydrogen-bond acceptors (Lipinski definition) is 6. The Balaban J connectivity index is 1.52. The molecule has 0 radical (unpaired) electrons. The van der Waals surface area contributed by atoms with E-state index < -0.39 is 0 Å². The number of ether oxygens (including phenoxy) is 2. The van der Waals surface area contributed by atoms with Crippen LogP contribution in [-0.4, -0.2) is 55.9 Å². The van der Waals surface area contributed by atoms with Gasteiger partial charge in [-0.3, -0.25) is 0 Å². The molecule has 0 atom stereocenters. The van der Waals surface area contributed by atoms with Crippen molar-refractivity contribution < 1.29 is 14.3 Å².